The van der Waals surface area contributed by atoms with E-state index < -0.39 is 11.7 Å². The van der Waals surface area contributed by atoms with Gasteiger partial charge in [0, 0.05) is 24.5 Å². The van der Waals surface area contributed by atoms with Crippen LogP contribution >= 0.6 is 11.6 Å². The van der Waals surface area contributed by atoms with Crippen LogP contribution in [0.25, 0.3) is 0 Å². The summed E-state index contributed by atoms with van der Waals surface area (Å²) in [6, 6.07) is 11.7. The second-order valence-electron chi connectivity index (χ2n) is 9.55. The first-order chi connectivity index (χ1) is 17.2. The highest BCUT2D eigenvalue weighted by atomic mass is 35.5. The minimum Gasteiger partial charge on any atom is -0.444 e. The summed E-state index contributed by atoms with van der Waals surface area (Å²) in [4.78, 5) is 23.6. The van der Waals surface area contributed by atoms with E-state index in [0.29, 0.717) is 27.9 Å². The monoisotopic (exact) mass is 512 g/mol. The van der Waals surface area contributed by atoms with E-state index >= 15 is 0 Å². The summed E-state index contributed by atoms with van der Waals surface area (Å²) >= 11 is 6.28. The number of hydrogen-bond donors (Lipinski definition) is 3. The van der Waals surface area contributed by atoms with Crippen LogP contribution in [-0.2, 0) is 4.74 Å². The Morgan fingerprint density at radius 2 is 1.75 bits per heavy atom. The molecule has 1 amide bonds. The Hall–Kier alpha value is -3.59. The molecule has 0 bridgehead atoms. The Kier molecular flexibility index (Phi) is 7.79. The predicted octanol–water partition coefficient (Wildman–Crippen LogP) is 7.09. The summed E-state index contributed by atoms with van der Waals surface area (Å²) < 4.78 is 18.7. The second kappa shape index (κ2) is 11.0. The molecule has 0 saturated carbocycles. The fourth-order valence-corrected chi connectivity index (χ4v) is 3.95. The van der Waals surface area contributed by atoms with Crippen LogP contribution in [0.5, 0.6) is 0 Å². The maximum atomic E-state index is 13.2. The molecular weight excluding hydrogens is 483 g/mol. The van der Waals surface area contributed by atoms with Gasteiger partial charge in [-0.1, -0.05) is 11.6 Å². The molecule has 36 heavy (non-hydrogen) atoms. The minimum absolute atomic E-state index is 0.266. The van der Waals surface area contributed by atoms with Crippen LogP contribution in [0.2, 0.25) is 5.02 Å². The first-order valence-corrected chi connectivity index (χ1v) is 12.3. The summed E-state index contributed by atoms with van der Waals surface area (Å²) in [7, 11) is 0. The molecule has 3 N–H and O–H groups in total. The molecule has 0 spiro atoms. The highest BCUT2D eigenvalue weighted by Crippen LogP contribution is 2.32. The van der Waals surface area contributed by atoms with Crippen molar-refractivity contribution in [2.75, 3.05) is 33.9 Å². The SMILES string of the molecule is CC(C)(C)OC(=O)Nc1cc(N2CCCCC2)ccc1Nc1ncc(Cl)c(Nc2ccc(F)cc2)n1. The third-order valence-electron chi connectivity index (χ3n) is 5.46. The standard InChI is InChI=1S/C26H30ClFN6O2/c1-26(2,3)36-25(35)32-22-15-19(34-13-5-4-6-14-34)11-12-21(22)31-24-29-16-20(27)23(33-24)30-18-9-7-17(28)8-10-18/h7-12,15-16H,4-6,13-14H2,1-3H3,(H,32,35)(H2,29,30,31,33). The van der Waals surface area contributed by atoms with Gasteiger partial charge in [0.1, 0.15) is 16.4 Å². The van der Waals surface area contributed by atoms with Gasteiger partial charge >= 0.3 is 6.09 Å². The van der Waals surface area contributed by atoms with E-state index in [1.807, 2.05) is 39.0 Å². The third kappa shape index (κ3) is 6.97. The Morgan fingerprint density at radius 1 is 1.03 bits per heavy atom. The summed E-state index contributed by atoms with van der Waals surface area (Å²) in [6.07, 6.45) is 4.40. The molecule has 2 heterocycles. The molecule has 1 aliphatic heterocycles. The number of halogens is 2. The van der Waals surface area contributed by atoms with Crippen LogP contribution < -0.4 is 20.9 Å². The lowest BCUT2D eigenvalue weighted by molar-refractivity contribution is 0.0636. The summed E-state index contributed by atoms with van der Waals surface area (Å²) in [6.45, 7) is 7.38. The lowest BCUT2D eigenvalue weighted by Crippen LogP contribution is -2.30. The number of carbonyl (C=O) groups excluding carboxylic acids is 1. The van der Waals surface area contributed by atoms with E-state index in [-0.39, 0.29) is 11.8 Å². The fraction of sp³-hybridized carbons (Fsp3) is 0.346. The normalized spacial score (nSPS) is 13.8. The van der Waals surface area contributed by atoms with Crippen molar-refractivity contribution in [1.82, 2.24) is 9.97 Å². The molecule has 0 unspecified atom stereocenters. The Labute approximate surface area is 215 Å². The average molecular weight is 513 g/mol. The minimum atomic E-state index is -0.637. The lowest BCUT2D eigenvalue weighted by Gasteiger charge is -2.29. The van der Waals surface area contributed by atoms with Crippen LogP contribution in [-0.4, -0.2) is 34.8 Å². The van der Waals surface area contributed by atoms with Gasteiger partial charge in [0.05, 0.1) is 17.6 Å². The van der Waals surface area contributed by atoms with Crippen molar-refractivity contribution in [3.63, 3.8) is 0 Å². The predicted molar refractivity (Wildman–Crippen MR) is 142 cm³/mol. The molecule has 1 saturated heterocycles. The van der Waals surface area contributed by atoms with Crippen LogP contribution in [0.3, 0.4) is 0 Å². The molecule has 1 fully saturated rings. The molecule has 8 nitrogen and oxygen atoms in total. The molecule has 1 aliphatic rings. The molecule has 190 valence electrons. The number of benzene rings is 2. The number of hydrogen-bond acceptors (Lipinski definition) is 7. The molecule has 4 rings (SSSR count). The Balaban J connectivity index is 1.59. The van der Waals surface area contributed by atoms with Gasteiger partial charge < -0.3 is 20.3 Å². The van der Waals surface area contributed by atoms with Crippen LogP contribution in [0.1, 0.15) is 40.0 Å². The van der Waals surface area contributed by atoms with Gasteiger partial charge in [-0.3, -0.25) is 5.32 Å². The van der Waals surface area contributed by atoms with E-state index in [1.54, 1.807) is 12.1 Å². The zero-order chi connectivity index (χ0) is 25.7. The molecule has 0 radical (unpaired) electrons. The first-order valence-electron chi connectivity index (χ1n) is 11.9. The number of nitrogens with one attached hydrogen (secondary N) is 3. The smallest absolute Gasteiger partial charge is 0.412 e. The number of anilines is 6. The van der Waals surface area contributed by atoms with Crippen LogP contribution in [0.4, 0.5) is 43.7 Å². The van der Waals surface area contributed by atoms with Gasteiger partial charge in [0.2, 0.25) is 5.95 Å². The third-order valence-corrected chi connectivity index (χ3v) is 5.73. The Morgan fingerprint density at radius 3 is 2.44 bits per heavy atom. The van der Waals surface area contributed by atoms with Crippen molar-refractivity contribution in [1.29, 1.82) is 0 Å². The van der Waals surface area contributed by atoms with E-state index in [2.05, 4.69) is 30.8 Å². The average Bonchev–Trinajstić information content (AvgIpc) is 2.83. The quantitative estimate of drug-likeness (QED) is 0.324. The first kappa shape index (κ1) is 25.5. The molecule has 3 aromatic rings. The van der Waals surface area contributed by atoms with Crippen molar-refractivity contribution >= 4 is 52.2 Å². The number of rotatable bonds is 6. The van der Waals surface area contributed by atoms with Crippen molar-refractivity contribution in [2.24, 2.45) is 0 Å². The number of carbonyl (C=O) groups is 1. The van der Waals surface area contributed by atoms with Crippen molar-refractivity contribution < 1.29 is 13.9 Å². The van der Waals surface area contributed by atoms with Crippen LogP contribution in [0.15, 0.2) is 48.7 Å². The maximum Gasteiger partial charge on any atom is 0.412 e. The van der Waals surface area contributed by atoms with Gasteiger partial charge in [-0.2, -0.15) is 4.98 Å². The lowest BCUT2D eigenvalue weighted by atomic mass is 10.1. The summed E-state index contributed by atoms with van der Waals surface area (Å²) in [5.74, 6) is 0.282. The number of amides is 1. The zero-order valence-electron chi connectivity index (χ0n) is 20.6. The molecule has 10 heteroatoms. The summed E-state index contributed by atoms with van der Waals surface area (Å²) in [5, 5.41) is 9.39. The topological polar surface area (TPSA) is 91.4 Å². The van der Waals surface area contributed by atoms with E-state index in [1.165, 1.54) is 24.8 Å². The van der Waals surface area contributed by atoms with Gasteiger partial charge in [-0.05, 0) is 82.5 Å². The van der Waals surface area contributed by atoms with Gasteiger partial charge in [-0.15, -0.1) is 0 Å². The van der Waals surface area contributed by atoms with E-state index in [0.717, 1.165) is 31.6 Å². The molecular formula is C26H30ClFN6O2. The van der Waals surface area contributed by atoms with Crippen molar-refractivity contribution in [3.8, 4) is 0 Å². The number of aromatic nitrogens is 2. The largest absolute Gasteiger partial charge is 0.444 e. The van der Waals surface area contributed by atoms with Gasteiger partial charge in [0.15, 0.2) is 5.82 Å². The van der Waals surface area contributed by atoms with Crippen molar-refractivity contribution in [3.05, 3.63) is 59.5 Å². The highest BCUT2D eigenvalue weighted by molar-refractivity contribution is 6.32. The number of ether oxygens (including phenoxy) is 1. The molecule has 0 aliphatic carbocycles. The number of nitrogens with zero attached hydrogens (tertiary/aromatic N) is 3. The maximum absolute atomic E-state index is 13.2. The second-order valence-corrected chi connectivity index (χ2v) is 9.96. The highest BCUT2D eigenvalue weighted by Gasteiger charge is 2.19. The summed E-state index contributed by atoms with van der Waals surface area (Å²) in [5.41, 5.74) is 2.14. The molecule has 0 atom stereocenters. The van der Waals surface area contributed by atoms with E-state index in [9.17, 15) is 9.18 Å². The molecule has 2 aromatic carbocycles. The van der Waals surface area contributed by atoms with Crippen molar-refractivity contribution in [2.45, 2.75) is 45.6 Å². The van der Waals surface area contributed by atoms with Gasteiger partial charge in [-0.25, -0.2) is 14.2 Å². The fourth-order valence-electron chi connectivity index (χ4n) is 3.81. The van der Waals surface area contributed by atoms with Crippen LogP contribution in [0, 0.1) is 5.82 Å². The Bertz CT molecular complexity index is 1210. The van der Waals surface area contributed by atoms with Gasteiger partial charge in [0.25, 0.3) is 0 Å². The molecule has 1 aromatic heterocycles. The van der Waals surface area contributed by atoms with E-state index in [4.69, 9.17) is 16.3 Å². The zero-order valence-corrected chi connectivity index (χ0v) is 21.3. The number of piperidine rings is 1.